The number of aryl methyl sites for hydroxylation is 1. The Labute approximate surface area is 133 Å². The Balaban J connectivity index is 1.90. The molecule has 1 atom stereocenters. The summed E-state index contributed by atoms with van der Waals surface area (Å²) in [5.74, 6) is -1.20. The predicted molar refractivity (Wildman–Crippen MR) is 85.0 cm³/mol. The van der Waals surface area contributed by atoms with E-state index in [1.807, 2.05) is 0 Å². The molecule has 0 saturated carbocycles. The molecule has 2 rings (SSSR count). The summed E-state index contributed by atoms with van der Waals surface area (Å²) < 4.78 is 6.84. The van der Waals surface area contributed by atoms with Crippen LogP contribution in [0.3, 0.4) is 0 Å². The van der Waals surface area contributed by atoms with Gasteiger partial charge in [-0.3, -0.25) is 9.59 Å². The normalized spacial score (nSPS) is 11.6. The lowest BCUT2D eigenvalue weighted by Gasteiger charge is -2.13. The molecule has 0 aliphatic rings. The van der Waals surface area contributed by atoms with Crippen LogP contribution in [0.1, 0.15) is 11.8 Å². The summed E-state index contributed by atoms with van der Waals surface area (Å²) in [6, 6.07) is 10.3. The summed E-state index contributed by atoms with van der Waals surface area (Å²) in [5, 5.41) is 14.9. The van der Waals surface area contributed by atoms with E-state index in [0.29, 0.717) is 17.1 Å². The minimum Gasteiger partial charge on any atom is -0.495 e. The van der Waals surface area contributed by atoms with Gasteiger partial charge in [0.25, 0.3) is 0 Å². The molecule has 2 amide bonds. The summed E-state index contributed by atoms with van der Waals surface area (Å²) in [6.07, 6.45) is 0.896. The van der Waals surface area contributed by atoms with Crippen LogP contribution >= 0.6 is 0 Å². The number of para-hydroxylation sites is 2. The van der Waals surface area contributed by atoms with Crippen LogP contribution in [0, 0.1) is 0 Å². The number of nitrogens with one attached hydrogen (secondary N) is 2. The van der Waals surface area contributed by atoms with Gasteiger partial charge in [-0.1, -0.05) is 12.1 Å². The van der Waals surface area contributed by atoms with Gasteiger partial charge in [-0.25, -0.2) is 0 Å². The maximum Gasteiger partial charge on any atom is 0.313 e. The van der Waals surface area contributed by atoms with Crippen LogP contribution in [0.25, 0.3) is 0 Å². The third-order valence-electron chi connectivity index (χ3n) is 3.34. The first-order valence-electron chi connectivity index (χ1n) is 7.04. The largest absolute Gasteiger partial charge is 0.495 e. The van der Waals surface area contributed by atoms with Gasteiger partial charge < -0.3 is 25.0 Å². The lowest BCUT2D eigenvalue weighted by molar-refractivity contribution is -0.136. The van der Waals surface area contributed by atoms with Crippen LogP contribution in [0.4, 0.5) is 5.69 Å². The standard InChI is InChI=1S/C16H19N3O4/c1-19-9-5-7-12(19)13(20)10-17-15(21)16(22)18-11-6-3-4-8-14(11)23-2/h3-9,13,20H,10H2,1-2H3,(H,17,21)(H,18,22). The zero-order valence-electron chi connectivity index (χ0n) is 12.9. The molecule has 2 aromatic rings. The Bertz CT molecular complexity index is 696. The Kier molecular flexibility index (Phi) is 5.37. The van der Waals surface area contributed by atoms with Crippen LogP contribution < -0.4 is 15.4 Å². The maximum atomic E-state index is 11.9. The van der Waals surface area contributed by atoms with Crippen molar-refractivity contribution < 1.29 is 19.4 Å². The molecular weight excluding hydrogens is 298 g/mol. The second kappa shape index (κ2) is 7.46. The molecular formula is C16H19N3O4. The van der Waals surface area contributed by atoms with E-state index in [9.17, 15) is 14.7 Å². The minimum absolute atomic E-state index is 0.0595. The number of aliphatic hydroxyl groups excluding tert-OH is 1. The highest BCUT2D eigenvalue weighted by molar-refractivity contribution is 6.39. The Morgan fingerprint density at radius 2 is 1.96 bits per heavy atom. The van der Waals surface area contributed by atoms with Crippen molar-refractivity contribution in [1.29, 1.82) is 0 Å². The first kappa shape index (κ1) is 16.6. The zero-order chi connectivity index (χ0) is 16.8. The monoisotopic (exact) mass is 317 g/mol. The van der Waals surface area contributed by atoms with Gasteiger partial charge in [0.1, 0.15) is 11.9 Å². The smallest absolute Gasteiger partial charge is 0.313 e. The molecule has 0 saturated heterocycles. The quantitative estimate of drug-likeness (QED) is 0.712. The van der Waals surface area contributed by atoms with E-state index in [-0.39, 0.29) is 6.54 Å². The number of hydrogen-bond donors (Lipinski definition) is 3. The number of anilines is 1. The van der Waals surface area contributed by atoms with Gasteiger partial charge in [-0.2, -0.15) is 0 Å². The van der Waals surface area contributed by atoms with E-state index in [1.165, 1.54) is 7.11 Å². The maximum absolute atomic E-state index is 11.9. The summed E-state index contributed by atoms with van der Waals surface area (Å²) in [5.41, 5.74) is 1.05. The van der Waals surface area contributed by atoms with Crippen molar-refractivity contribution in [2.75, 3.05) is 19.0 Å². The zero-order valence-corrected chi connectivity index (χ0v) is 12.9. The number of rotatable bonds is 5. The second-order valence-electron chi connectivity index (χ2n) is 4.92. The van der Waals surface area contributed by atoms with E-state index in [2.05, 4.69) is 10.6 Å². The fraction of sp³-hybridized carbons (Fsp3) is 0.250. The molecule has 0 aliphatic carbocycles. The summed E-state index contributed by atoms with van der Waals surface area (Å²) in [4.78, 5) is 23.7. The van der Waals surface area contributed by atoms with Gasteiger partial charge >= 0.3 is 11.8 Å². The molecule has 0 spiro atoms. The van der Waals surface area contributed by atoms with Crippen molar-refractivity contribution in [2.45, 2.75) is 6.10 Å². The van der Waals surface area contributed by atoms with Crippen molar-refractivity contribution in [3.63, 3.8) is 0 Å². The number of carbonyl (C=O) groups excluding carboxylic acids is 2. The van der Waals surface area contributed by atoms with Gasteiger partial charge in [-0.05, 0) is 24.3 Å². The van der Waals surface area contributed by atoms with E-state index in [1.54, 1.807) is 54.2 Å². The van der Waals surface area contributed by atoms with Gasteiger partial charge in [-0.15, -0.1) is 0 Å². The third kappa shape index (κ3) is 4.10. The molecule has 122 valence electrons. The fourth-order valence-electron chi connectivity index (χ4n) is 2.12. The summed E-state index contributed by atoms with van der Waals surface area (Å²) in [6.45, 7) is -0.0595. The molecule has 0 fully saturated rings. The van der Waals surface area contributed by atoms with E-state index in [4.69, 9.17) is 4.74 Å². The highest BCUT2D eigenvalue weighted by Gasteiger charge is 2.18. The number of hydrogen-bond acceptors (Lipinski definition) is 4. The first-order chi connectivity index (χ1) is 11.0. The van der Waals surface area contributed by atoms with Crippen molar-refractivity contribution in [2.24, 2.45) is 7.05 Å². The molecule has 1 heterocycles. The van der Waals surface area contributed by atoms with E-state index in [0.717, 1.165) is 0 Å². The number of carbonyl (C=O) groups is 2. The Morgan fingerprint density at radius 1 is 1.22 bits per heavy atom. The summed E-state index contributed by atoms with van der Waals surface area (Å²) >= 11 is 0. The average molecular weight is 317 g/mol. The second-order valence-corrected chi connectivity index (χ2v) is 4.92. The molecule has 7 nitrogen and oxygen atoms in total. The van der Waals surface area contributed by atoms with Crippen LogP contribution in [-0.4, -0.2) is 35.1 Å². The third-order valence-corrected chi connectivity index (χ3v) is 3.34. The highest BCUT2D eigenvalue weighted by Crippen LogP contribution is 2.22. The molecule has 7 heteroatoms. The SMILES string of the molecule is COc1ccccc1NC(=O)C(=O)NCC(O)c1cccn1C. The number of aromatic nitrogens is 1. The fourth-order valence-corrected chi connectivity index (χ4v) is 2.12. The topological polar surface area (TPSA) is 92.6 Å². The predicted octanol–water partition coefficient (Wildman–Crippen LogP) is 0.822. The highest BCUT2D eigenvalue weighted by atomic mass is 16.5. The van der Waals surface area contributed by atoms with Crippen molar-refractivity contribution >= 4 is 17.5 Å². The van der Waals surface area contributed by atoms with Crippen LogP contribution in [0.5, 0.6) is 5.75 Å². The lowest BCUT2D eigenvalue weighted by atomic mass is 10.2. The molecule has 23 heavy (non-hydrogen) atoms. The van der Waals surface area contributed by atoms with Gasteiger partial charge in [0.05, 0.1) is 12.8 Å². The first-order valence-corrected chi connectivity index (χ1v) is 7.04. The van der Waals surface area contributed by atoms with E-state index < -0.39 is 17.9 Å². The van der Waals surface area contributed by atoms with Crippen molar-refractivity contribution in [3.05, 3.63) is 48.3 Å². The molecule has 1 unspecified atom stereocenters. The molecule has 0 radical (unpaired) electrons. The number of amides is 2. The van der Waals surface area contributed by atoms with Gasteiger partial charge in [0, 0.05) is 25.5 Å². The summed E-state index contributed by atoms with van der Waals surface area (Å²) in [7, 11) is 3.26. The molecule has 0 bridgehead atoms. The number of aliphatic hydroxyl groups is 1. The Hall–Kier alpha value is -2.80. The number of benzene rings is 1. The molecule has 0 aliphatic heterocycles. The van der Waals surface area contributed by atoms with Gasteiger partial charge in [0.2, 0.25) is 0 Å². The van der Waals surface area contributed by atoms with Crippen LogP contribution in [0.2, 0.25) is 0 Å². The van der Waals surface area contributed by atoms with Crippen molar-refractivity contribution in [3.8, 4) is 5.75 Å². The van der Waals surface area contributed by atoms with Gasteiger partial charge in [0.15, 0.2) is 0 Å². The average Bonchev–Trinajstić information content (AvgIpc) is 2.98. The number of nitrogens with zero attached hydrogens (tertiary/aromatic N) is 1. The molecule has 1 aromatic carbocycles. The Morgan fingerprint density at radius 3 is 2.61 bits per heavy atom. The van der Waals surface area contributed by atoms with Crippen LogP contribution in [-0.2, 0) is 16.6 Å². The van der Waals surface area contributed by atoms with Crippen LogP contribution in [0.15, 0.2) is 42.6 Å². The molecule has 3 N–H and O–H groups in total. The van der Waals surface area contributed by atoms with E-state index >= 15 is 0 Å². The minimum atomic E-state index is -0.891. The lowest BCUT2D eigenvalue weighted by Crippen LogP contribution is -2.37. The number of ether oxygens (including phenoxy) is 1. The van der Waals surface area contributed by atoms with Crippen molar-refractivity contribution in [1.82, 2.24) is 9.88 Å². The molecule has 1 aromatic heterocycles. The number of methoxy groups -OCH3 is 1.